The molecule has 2 aromatic rings. The Labute approximate surface area is 179 Å². The Morgan fingerprint density at radius 3 is 2.31 bits per heavy atom. The molecule has 0 radical (unpaired) electrons. The molecule has 0 aliphatic carbocycles. The van der Waals surface area contributed by atoms with Gasteiger partial charge in [-0.05, 0) is 41.4 Å². The van der Waals surface area contributed by atoms with E-state index in [1.807, 2.05) is 9.58 Å². The van der Waals surface area contributed by atoms with Crippen molar-refractivity contribution in [2.24, 2.45) is 11.8 Å². The van der Waals surface area contributed by atoms with Crippen molar-refractivity contribution in [3.05, 3.63) is 41.2 Å². The summed E-state index contributed by atoms with van der Waals surface area (Å²) < 4.78 is 1.85. The molecule has 2 atom stereocenters. The minimum atomic E-state index is 0. The van der Waals surface area contributed by atoms with Crippen molar-refractivity contribution in [2.45, 2.75) is 46.0 Å². The lowest BCUT2D eigenvalue weighted by atomic mass is 9.87. The van der Waals surface area contributed by atoms with Gasteiger partial charge in [-0.1, -0.05) is 51.5 Å². The largest absolute Gasteiger partial charge is 0.337 e. The van der Waals surface area contributed by atoms with Gasteiger partial charge in [-0.2, -0.15) is 0 Å². The highest BCUT2D eigenvalue weighted by Gasteiger charge is 2.39. The van der Waals surface area contributed by atoms with Crippen LogP contribution in [0.2, 0.25) is 0 Å². The Hall–Kier alpha value is -1.92. The summed E-state index contributed by atoms with van der Waals surface area (Å²) in [6, 6.07) is 8.44. The highest BCUT2D eigenvalue weighted by molar-refractivity contribution is 5.93. The van der Waals surface area contributed by atoms with Gasteiger partial charge in [-0.25, -0.2) is 4.68 Å². The molecule has 2 aliphatic rings. The molecule has 6 nitrogen and oxygen atoms in total. The Morgan fingerprint density at radius 1 is 1.14 bits per heavy atom. The fourth-order valence-corrected chi connectivity index (χ4v) is 4.41. The third kappa shape index (κ3) is 4.19. The van der Waals surface area contributed by atoms with E-state index in [1.54, 1.807) is 0 Å². The summed E-state index contributed by atoms with van der Waals surface area (Å²) >= 11 is 0. The lowest BCUT2D eigenvalue weighted by molar-refractivity contribution is 0.0774. The summed E-state index contributed by atoms with van der Waals surface area (Å²) in [4.78, 5) is 15.2. The predicted octanol–water partition coefficient (Wildman–Crippen LogP) is 3.23. The minimum Gasteiger partial charge on any atom is -0.337 e. The van der Waals surface area contributed by atoms with Crippen LogP contribution >= 0.6 is 12.4 Å². The van der Waals surface area contributed by atoms with Gasteiger partial charge in [0, 0.05) is 26.2 Å². The van der Waals surface area contributed by atoms with Crippen molar-refractivity contribution in [3.63, 3.8) is 0 Å². The number of nitrogens with zero attached hydrogens (tertiary/aromatic N) is 4. The van der Waals surface area contributed by atoms with E-state index in [2.05, 4.69) is 67.6 Å². The maximum absolute atomic E-state index is 13.2. The van der Waals surface area contributed by atoms with Crippen molar-refractivity contribution in [2.75, 3.05) is 26.2 Å². The first kappa shape index (κ1) is 21.8. The van der Waals surface area contributed by atoms with Crippen LogP contribution < -0.4 is 5.32 Å². The van der Waals surface area contributed by atoms with Crippen LogP contribution in [0.4, 0.5) is 0 Å². The summed E-state index contributed by atoms with van der Waals surface area (Å²) in [6.07, 6.45) is 1.74. The second-order valence-electron chi connectivity index (χ2n) is 9.23. The number of likely N-dealkylation sites (tertiary alicyclic amines) is 1. The van der Waals surface area contributed by atoms with Gasteiger partial charge in [-0.15, -0.1) is 17.5 Å². The zero-order valence-corrected chi connectivity index (χ0v) is 18.6. The first-order valence-corrected chi connectivity index (χ1v) is 10.4. The molecule has 1 amide bonds. The highest BCUT2D eigenvalue weighted by atomic mass is 35.5. The third-order valence-corrected chi connectivity index (χ3v) is 6.11. The van der Waals surface area contributed by atoms with E-state index in [0.717, 1.165) is 50.4 Å². The van der Waals surface area contributed by atoms with Gasteiger partial charge in [0.15, 0.2) is 5.69 Å². The normalized spacial score (nSPS) is 21.2. The van der Waals surface area contributed by atoms with E-state index in [-0.39, 0.29) is 23.7 Å². The Bertz CT molecular complexity index is 843. The number of amides is 1. The van der Waals surface area contributed by atoms with E-state index in [1.165, 1.54) is 5.56 Å². The molecule has 158 valence electrons. The average molecular weight is 418 g/mol. The molecule has 1 aromatic carbocycles. The van der Waals surface area contributed by atoms with Crippen molar-refractivity contribution >= 4 is 18.3 Å². The van der Waals surface area contributed by atoms with Crippen LogP contribution in [-0.2, 0) is 11.8 Å². The van der Waals surface area contributed by atoms with E-state index >= 15 is 0 Å². The number of nitrogens with one attached hydrogen (secondary N) is 1. The van der Waals surface area contributed by atoms with Gasteiger partial charge in [0.1, 0.15) is 0 Å². The summed E-state index contributed by atoms with van der Waals surface area (Å²) in [5.74, 6) is 1.20. The van der Waals surface area contributed by atoms with E-state index < -0.39 is 0 Å². The molecule has 0 spiro atoms. The number of aromatic nitrogens is 3. The molecular formula is C22H32ClN5O. The second-order valence-corrected chi connectivity index (χ2v) is 9.23. The Morgan fingerprint density at radius 2 is 1.76 bits per heavy atom. The molecule has 0 saturated carbocycles. The zero-order chi connectivity index (χ0) is 19.9. The van der Waals surface area contributed by atoms with Crippen LogP contribution in [0.3, 0.4) is 0 Å². The van der Waals surface area contributed by atoms with Gasteiger partial charge < -0.3 is 10.2 Å². The zero-order valence-electron chi connectivity index (χ0n) is 17.8. The van der Waals surface area contributed by atoms with Gasteiger partial charge in [0.2, 0.25) is 0 Å². The topological polar surface area (TPSA) is 63.1 Å². The molecule has 1 aromatic heterocycles. The number of fused-ring (bicyclic) bond motifs is 1. The molecule has 4 rings (SSSR count). The monoisotopic (exact) mass is 417 g/mol. The van der Waals surface area contributed by atoms with Crippen molar-refractivity contribution in [3.8, 4) is 5.69 Å². The number of carbonyl (C=O) groups excluding carboxylic acids is 1. The maximum atomic E-state index is 13.2. The Kier molecular flexibility index (Phi) is 6.34. The summed E-state index contributed by atoms with van der Waals surface area (Å²) in [7, 11) is 0. The maximum Gasteiger partial charge on any atom is 0.276 e. The quantitative estimate of drug-likeness (QED) is 0.829. The number of rotatable bonds is 4. The van der Waals surface area contributed by atoms with Gasteiger partial charge in [0.25, 0.3) is 5.91 Å². The number of hydrogen-bond acceptors (Lipinski definition) is 4. The molecule has 3 heterocycles. The van der Waals surface area contributed by atoms with Crippen LogP contribution in [0.15, 0.2) is 24.3 Å². The Balaban J connectivity index is 0.00000240. The summed E-state index contributed by atoms with van der Waals surface area (Å²) in [5.41, 5.74) is 3.80. The summed E-state index contributed by atoms with van der Waals surface area (Å²) in [6.45, 7) is 12.4. The lowest BCUT2D eigenvalue weighted by Crippen LogP contribution is -2.32. The van der Waals surface area contributed by atoms with Crippen LogP contribution in [0, 0.1) is 11.8 Å². The molecule has 1 N–H and O–H groups in total. The van der Waals surface area contributed by atoms with Crippen molar-refractivity contribution < 1.29 is 4.79 Å². The van der Waals surface area contributed by atoms with E-state index in [9.17, 15) is 4.79 Å². The SMILES string of the molecule is CCCc1c(C(=O)N2C[C@H]3CNC[C@H]3C2)nnn1-c1ccc(C(C)(C)C)cc1.Cl. The first-order valence-electron chi connectivity index (χ1n) is 10.4. The van der Waals surface area contributed by atoms with E-state index in [0.29, 0.717) is 17.5 Å². The van der Waals surface area contributed by atoms with E-state index in [4.69, 9.17) is 0 Å². The molecular weight excluding hydrogens is 386 g/mol. The molecule has 7 heteroatoms. The fraction of sp³-hybridized carbons (Fsp3) is 0.591. The second kappa shape index (κ2) is 8.44. The smallest absolute Gasteiger partial charge is 0.276 e. The third-order valence-electron chi connectivity index (χ3n) is 6.11. The van der Waals surface area contributed by atoms with Crippen molar-refractivity contribution in [1.29, 1.82) is 0 Å². The molecule has 29 heavy (non-hydrogen) atoms. The molecule has 2 aliphatic heterocycles. The van der Waals surface area contributed by atoms with Crippen molar-refractivity contribution in [1.82, 2.24) is 25.2 Å². The van der Waals surface area contributed by atoms with Crippen LogP contribution in [0.1, 0.15) is 55.9 Å². The predicted molar refractivity (Wildman–Crippen MR) is 117 cm³/mol. The standard InChI is InChI=1S/C22H31N5O.ClH/c1-5-6-19-20(21(28)26-13-15-11-23-12-16(15)14-26)24-25-27(19)18-9-7-17(8-10-18)22(2,3)4;/h7-10,15-16,23H,5-6,11-14H2,1-4H3;1H/t15-,16+;. The number of halogens is 1. The minimum absolute atomic E-state index is 0. The van der Waals surface area contributed by atoms with Crippen LogP contribution in [0.25, 0.3) is 5.69 Å². The number of carbonyl (C=O) groups is 1. The lowest BCUT2D eigenvalue weighted by Gasteiger charge is -2.19. The van der Waals surface area contributed by atoms with Gasteiger partial charge in [-0.3, -0.25) is 4.79 Å². The molecule has 2 fully saturated rings. The average Bonchev–Trinajstić information content (AvgIpc) is 3.35. The molecule has 0 unspecified atom stereocenters. The van der Waals surface area contributed by atoms with Crippen LogP contribution in [0.5, 0.6) is 0 Å². The summed E-state index contributed by atoms with van der Waals surface area (Å²) in [5, 5.41) is 12.1. The molecule has 2 saturated heterocycles. The van der Waals surface area contributed by atoms with Crippen LogP contribution in [-0.4, -0.2) is 52.0 Å². The van der Waals surface area contributed by atoms with Gasteiger partial charge in [0.05, 0.1) is 11.4 Å². The molecule has 0 bridgehead atoms. The van der Waals surface area contributed by atoms with Gasteiger partial charge >= 0.3 is 0 Å². The first-order chi connectivity index (χ1) is 13.4. The highest BCUT2D eigenvalue weighted by Crippen LogP contribution is 2.28. The number of benzene rings is 1. The fourth-order valence-electron chi connectivity index (χ4n) is 4.41. The number of hydrogen-bond donors (Lipinski definition) is 1.